The molecule has 0 aliphatic carbocycles. The van der Waals surface area contributed by atoms with Crippen molar-refractivity contribution in [2.75, 3.05) is 6.61 Å². The molecule has 1 N–H and O–H groups in total. The molecule has 2 aromatic rings. The van der Waals surface area contributed by atoms with Gasteiger partial charge in [0.25, 0.3) is 0 Å². The Morgan fingerprint density at radius 1 is 1.25 bits per heavy atom. The summed E-state index contributed by atoms with van der Waals surface area (Å²) in [6.07, 6.45) is 3.17. The van der Waals surface area contributed by atoms with Crippen LogP contribution in [0.3, 0.4) is 0 Å². The lowest BCUT2D eigenvalue weighted by Crippen LogP contribution is -1.99. The van der Waals surface area contributed by atoms with E-state index in [-0.39, 0.29) is 12.4 Å². The lowest BCUT2D eigenvalue weighted by atomic mass is 10.1. The molecule has 0 saturated heterocycles. The van der Waals surface area contributed by atoms with Crippen LogP contribution in [0.15, 0.2) is 24.3 Å². The number of halogens is 2. The number of ether oxygens (including phenoxy) is 1. The largest absolute Gasteiger partial charge is 0.494 e. The Labute approximate surface area is 131 Å². The lowest BCUT2D eigenvalue weighted by molar-refractivity contribution is 0.307. The Hall–Kier alpha value is -1.19. The van der Waals surface area contributed by atoms with Gasteiger partial charge in [-0.15, -0.1) is 12.4 Å². The molecule has 0 amide bonds. The molecular weight excluding hydrogens is 295 g/mol. The van der Waals surface area contributed by atoms with Gasteiger partial charge < -0.3 is 4.74 Å². The standard InChI is InChI=1S/C15H19ClN2O.ClH/c1-11-15(12(2)18-17-11)8-3-4-9-19-14-7-5-6-13(16)10-14;/h5-7,10H,3-4,8-9H2,1-2H3,(H,17,18);1H. The molecule has 0 bridgehead atoms. The van der Waals surface area contributed by atoms with Gasteiger partial charge in [-0.3, -0.25) is 5.10 Å². The number of nitrogens with zero attached hydrogens (tertiary/aromatic N) is 1. The van der Waals surface area contributed by atoms with Crippen molar-refractivity contribution < 1.29 is 4.74 Å². The highest BCUT2D eigenvalue weighted by Gasteiger charge is 2.05. The highest BCUT2D eigenvalue weighted by molar-refractivity contribution is 6.30. The zero-order valence-electron chi connectivity index (χ0n) is 11.8. The van der Waals surface area contributed by atoms with Gasteiger partial charge in [-0.05, 0) is 56.9 Å². The molecule has 1 aromatic heterocycles. The van der Waals surface area contributed by atoms with Crippen molar-refractivity contribution >= 4 is 24.0 Å². The average molecular weight is 315 g/mol. The fourth-order valence-corrected chi connectivity index (χ4v) is 2.27. The van der Waals surface area contributed by atoms with Crippen LogP contribution in [0.1, 0.15) is 29.8 Å². The molecule has 0 fully saturated rings. The van der Waals surface area contributed by atoms with Crippen molar-refractivity contribution in [2.24, 2.45) is 0 Å². The van der Waals surface area contributed by atoms with Gasteiger partial charge in [0.05, 0.1) is 12.3 Å². The number of aryl methyl sites for hydroxylation is 2. The Morgan fingerprint density at radius 3 is 2.70 bits per heavy atom. The van der Waals surface area contributed by atoms with Gasteiger partial charge in [-0.25, -0.2) is 0 Å². The van der Waals surface area contributed by atoms with Crippen LogP contribution in [0.2, 0.25) is 5.02 Å². The first-order valence-corrected chi connectivity index (χ1v) is 6.93. The quantitative estimate of drug-likeness (QED) is 0.797. The minimum atomic E-state index is 0. The van der Waals surface area contributed by atoms with Crippen LogP contribution in [0.5, 0.6) is 5.75 Å². The van der Waals surface area contributed by atoms with Crippen LogP contribution in [0.4, 0.5) is 0 Å². The van der Waals surface area contributed by atoms with E-state index in [2.05, 4.69) is 17.1 Å². The number of aromatic amines is 1. The van der Waals surface area contributed by atoms with Gasteiger partial charge in [0, 0.05) is 10.7 Å². The van der Waals surface area contributed by atoms with Gasteiger partial charge in [-0.1, -0.05) is 17.7 Å². The van der Waals surface area contributed by atoms with Crippen molar-refractivity contribution in [1.82, 2.24) is 10.2 Å². The fraction of sp³-hybridized carbons (Fsp3) is 0.400. The van der Waals surface area contributed by atoms with Crippen LogP contribution >= 0.6 is 24.0 Å². The van der Waals surface area contributed by atoms with E-state index in [4.69, 9.17) is 16.3 Å². The van der Waals surface area contributed by atoms with Gasteiger partial charge in [0.1, 0.15) is 5.75 Å². The molecule has 5 heteroatoms. The topological polar surface area (TPSA) is 37.9 Å². The summed E-state index contributed by atoms with van der Waals surface area (Å²) in [7, 11) is 0. The van der Waals surface area contributed by atoms with E-state index in [0.29, 0.717) is 5.02 Å². The predicted octanol–water partition coefficient (Wildman–Crippen LogP) is 4.50. The molecule has 110 valence electrons. The summed E-state index contributed by atoms with van der Waals surface area (Å²) in [5.41, 5.74) is 3.62. The predicted molar refractivity (Wildman–Crippen MR) is 85.2 cm³/mol. The number of unbranched alkanes of at least 4 members (excludes halogenated alkanes) is 1. The van der Waals surface area contributed by atoms with E-state index in [1.54, 1.807) is 0 Å². The van der Waals surface area contributed by atoms with E-state index >= 15 is 0 Å². The molecule has 1 aromatic carbocycles. The third-order valence-corrected chi connectivity index (χ3v) is 3.40. The molecule has 0 spiro atoms. The molecule has 3 nitrogen and oxygen atoms in total. The van der Waals surface area contributed by atoms with Crippen molar-refractivity contribution in [1.29, 1.82) is 0 Å². The monoisotopic (exact) mass is 314 g/mol. The maximum absolute atomic E-state index is 5.90. The zero-order valence-corrected chi connectivity index (χ0v) is 13.4. The Morgan fingerprint density at radius 2 is 2.05 bits per heavy atom. The van der Waals surface area contributed by atoms with Crippen molar-refractivity contribution in [3.05, 3.63) is 46.2 Å². The van der Waals surface area contributed by atoms with Gasteiger partial charge in [0.15, 0.2) is 0 Å². The summed E-state index contributed by atoms with van der Waals surface area (Å²) < 4.78 is 5.66. The SMILES string of the molecule is Cc1n[nH]c(C)c1CCCCOc1cccc(Cl)c1.Cl. The smallest absolute Gasteiger partial charge is 0.120 e. The summed E-state index contributed by atoms with van der Waals surface area (Å²) in [5.74, 6) is 0.836. The first-order chi connectivity index (χ1) is 9.16. The van der Waals surface area contributed by atoms with Crippen molar-refractivity contribution in [2.45, 2.75) is 33.1 Å². The molecular formula is C15H20Cl2N2O. The first kappa shape index (κ1) is 16.9. The number of nitrogens with one attached hydrogen (secondary N) is 1. The molecule has 2 rings (SSSR count). The minimum absolute atomic E-state index is 0. The second-order valence-corrected chi connectivity index (χ2v) is 5.11. The highest BCUT2D eigenvalue weighted by Crippen LogP contribution is 2.18. The molecule has 0 saturated carbocycles. The van der Waals surface area contributed by atoms with Crippen LogP contribution in [0.25, 0.3) is 0 Å². The van der Waals surface area contributed by atoms with Crippen molar-refractivity contribution in [3.8, 4) is 5.75 Å². The van der Waals surface area contributed by atoms with Gasteiger partial charge in [0.2, 0.25) is 0 Å². The third-order valence-electron chi connectivity index (χ3n) is 3.17. The van der Waals surface area contributed by atoms with E-state index in [1.807, 2.05) is 31.2 Å². The summed E-state index contributed by atoms with van der Waals surface area (Å²) in [4.78, 5) is 0. The molecule has 1 heterocycles. The summed E-state index contributed by atoms with van der Waals surface area (Å²) in [5, 5.41) is 7.93. The Kier molecular flexibility index (Phi) is 6.89. The van der Waals surface area contributed by atoms with Crippen LogP contribution in [0, 0.1) is 13.8 Å². The number of hydrogen-bond donors (Lipinski definition) is 1. The second-order valence-electron chi connectivity index (χ2n) is 4.68. The van der Waals surface area contributed by atoms with E-state index in [9.17, 15) is 0 Å². The van der Waals surface area contributed by atoms with Crippen LogP contribution in [-0.2, 0) is 6.42 Å². The third kappa shape index (κ3) is 4.73. The second kappa shape index (κ2) is 8.18. The number of H-pyrrole nitrogens is 1. The summed E-state index contributed by atoms with van der Waals surface area (Å²) in [6.45, 7) is 4.83. The summed E-state index contributed by atoms with van der Waals surface area (Å²) >= 11 is 5.90. The maximum Gasteiger partial charge on any atom is 0.120 e. The van der Waals surface area contributed by atoms with E-state index < -0.39 is 0 Å². The average Bonchev–Trinajstić information content (AvgIpc) is 2.70. The van der Waals surface area contributed by atoms with Crippen LogP contribution < -0.4 is 4.74 Å². The molecule has 0 radical (unpaired) electrons. The molecule has 0 aliphatic heterocycles. The minimum Gasteiger partial charge on any atom is -0.494 e. The zero-order chi connectivity index (χ0) is 13.7. The Balaban J connectivity index is 0.00000200. The number of rotatable bonds is 6. The normalized spacial score (nSPS) is 10.2. The van der Waals surface area contributed by atoms with Crippen LogP contribution in [-0.4, -0.2) is 16.8 Å². The van der Waals surface area contributed by atoms with Gasteiger partial charge >= 0.3 is 0 Å². The molecule has 0 atom stereocenters. The highest BCUT2D eigenvalue weighted by atomic mass is 35.5. The van der Waals surface area contributed by atoms with Crippen molar-refractivity contribution in [3.63, 3.8) is 0 Å². The maximum atomic E-state index is 5.90. The summed E-state index contributed by atoms with van der Waals surface area (Å²) in [6, 6.07) is 7.51. The first-order valence-electron chi connectivity index (χ1n) is 6.55. The van der Waals surface area contributed by atoms with E-state index in [0.717, 1.165) is 37.3 Å². The number of aromatic nitrogens is 2. The fourth-order valence-electron chi connectivity index (χ4n) is 2.09. The molecule has 0 unspecified atom stereocenters. The molecule has 20 heavy (non-hydrogen) atoms. The Bertz CT molecular complexity index is 521. The lowest BCUT2D eigenvalue weighted by Gasteiger charge is -2.06. The van der Waals surface area contributed by atoms with E-state index in [1.165, 1.54) is 11.3 Å². The number of hydrogen-bond acceptors (Lipinski definition) is 2. The number of benzene rings is 1. The van der Waals surface area contributed by atoms with Gasteiger partial charge in [-0.2, -0.15) is 5.10 Å². The molecule has 0 aliphatic rings.